The van der Waals surface area contributed by atoms with Gasteiger partial charge >= 0.3 is 0 Å². The average molecular weight is 305 g/mol. The van der Waals surface area contributed by atoms with E-state index in [9.17, 15) is 0 Å². The first-order valence-electron chi connectivity index (χ1n) is 7.44. The first-order chi connectivity index (χ1) is 10.0. The minimum absolute atomic E-state index is 0.111. The summed E-state index contributed by atoms with van der Waals surface area (Å²) in [5.74, 6) is 0. The highest BCUT2D eigenvalue weighted by Crippen LogP contribution is 2.45. The Hall–Kier alpha value is -1.32. The van der Waals surface area contributed by atoms with Gasteiger partial charge in [-0.3, -0.25) is 4.98 Å². The van der Waals surface area contributed by atoms with E-state index >= 15 is 0 Å². The molecule has 1 aliphatic rings. The molecule has 21 heavy (non-hydrogen) atoms. The van der Waals surface area contributed by atoms with Gasteiger partial charge in [-0.1, -0.05) is 31.5 Å². The van der Waals surface area contributed by atoms with Crippen LogP contribution in [0, 0.1) is 5.41 Å². The fourth-order valence-electron chi connectivity index (χ4n) is 3.07. The minimum atomic E-state index is 0.111. The van der Waals surface area contributed by atoms with Gasteiger partial charge in [0.1, 0.15) is 0 Å². The van der Waals surface area contributed by atoms with Crippen LogP contribution in [-0.4, -0.2) is 23.7 Å². The zero-order valence-electron chi connectivity index (χ0n) is 12.7. The minimum Gasteiger partial charge on any atom is -0.380 e. The molecule has 4 heteroatoms. The van der Waals surface area contributed by atoms with E-state index in [0.717, 1.165) is 34.6 Å². The second kappa shape index (κ2) is 5.47. The molecular formula is C17H21ClN2O. The van der Waals surface area contributed by atoms with Gasteiger partial charge in [-0.05, 0) is 31.5 Å². The molecule has 2 aromatic rings. The molecule has 1 aromatic carbocycles. The highest BCUT2D eigenvalue weighted by atomic mass is 35.5. The number of aromatic nitrogens is 1. The SMILES string of the molecule is CCOC1CC(Nc2cc(Cl)cc3cccnc23)C1(C)C. The van der Waals surface area contributed by atoms with Crippen molar-refractivity contribution in [2.24, 2.45) is 5.41 Å². The van der Waals surface area contributed by atoms with E-state index in [-0.39, 0.29) is 5.41 Å². The third-order valence-corrected chi connectivity index (χ3v) is 4.76. The van der Waals surface area contributed by atoms with Crippen molar-refractivity contribution in [3.8, 4) is 0 Å². The number of fused-ring (bicyclic) bond motifs is 1. The lowest BCUT2D eigenvalue weighted by Gasteiger charge is -2.52. The summed E-state index contributed by atoms with van der Waals surface area (Å²) in [6.45, 7) is 7.30. The van der Waals surface area contributed by atoms with E-state index in [0.29, 0.717) is 12.1 Å². The number of anilines is 1. The van der Waals surface area contributed by atoms with E-state index in [1.165, 1.54) is 0 Å². The lowest BCUT2D eigenvalue weighted by molar-refractivity contribution is -0.0975. The standard InChI is InChI=1S/C17H21ClN2O/c1-4-21-15-10-14(17(15,2)3)20-13-9-12(18)8-11-6-5-7-19-16(11)13/h5-9,14-15,20H,4,10H2,1-3H3. The van der Waals surface area contributed by atoms with Gasteiger partial charge in [0, 0.05) is 34.7 Å². The summed E-state index contributed by atoms with van der Waals surface area (Å²) in [5.41, 5.74) is 2.09. The Kier molecular flexibility index (Phi) is 3.80. The van der Waals surface area contributed by atoms with E-state index < -0.39 is 0 Å². The number of nitrogens with zero attached hydrogens (tertiary/aromatic N) is 1. The number of halogens is 1. The fraction of sp³-hybridized carbons (Fsp3) is 0.471. The molecule has 0 aliphatic heterocycles. The van der Waals surface area contributed by atoms with Gasteiger partial charge in [0.15, 0.2) is 0 Å². The molecule has 3 rings (SSSR count). The van der Waals surface area contributed by atoms with Crippen LogP contribution in [0.1, 0.15) is 27.2 Å². The van der Waals surface area contributed by atoms with Crippen LogP contribution in [-0.2, 0) is 4.74 Å². The smallest absolute Gasteiger partial charge is 0.0934 e. The summed E-state index contributed by atoms with van der Waals surface area (Å²) >= 11 is 6.23. The number of ether oxygens (including phenoxy) is 1. The predicted molar refractivity (Wildman–Crippen MR) is 88.0 cm³/mol. The predicted octanol–water partition coefficient (Wildman–Crippen LogP) is 4.50. The van der Waals surface area contributed by atoms with Crippen molar-refractivity contribution in [1.29, 1.82) is 0 Å². The molecular weight excluding hydrogens is 284 g/mol. The molecule has 1 heterocycles. The summed E-state index contributed by atoms with van der Waals surface area (Å²) in [4.78, 5) is 4.48. The van der Waals surface area contributed by atoms with Crippen LogP contribution in [0.5, 0.6) is 0 Å². The van der Waals surface area contributed by atoms with Gasteiger partial charge in [0.05, 0.1) is 17.3 Å². The maximum absolute atomic E-state index is 6.23. The summed E-state index contributed by atoms with van der Waals surface area (Å²) in [6, 6.07) is 8.25. The highest BCUT2D eigenvalue weighted by molar-refractivity contribution is 6.31. The monoisotopic (exact) mass is 304 g/mol. The summed E-state index contributed by atoms with van der Waals surface area (Å²) in [7, 11) is 0. The van der Waals surface area contributed by atoms with E-state index in [4.69, 9.17) is 16.3 Å². The van der Waals surface area contributed by atoms with Crippen LogP contribution in [0.15, 0.2) is 30.5 Å². The molecule has 3 nitrogen and oxygen atoms in total. The van der Waals surface area contributed by atoms with Crippen LogP contribution in [0.25, 0.3) is 10.9 Å². The van der Waals surface area contributed by atoms with Gasteiger partial charge < -0.3 is 10.1 Å². The Morgan fingerprint density at radius 1 is 1.43 bits per heavy atom. The molecule has 2 atom stereocenters. The summed E-state index contributed by atoms with van der Waals surface area (Å²) in [5, 5.41) is 5.41. The molecule has 0 saturated heterocycles. The zero-order chi connectivity index (χ0) is 15.0. The van der Waals surface area contributed by atoms with Crippen molar-refractivity contribution in [2.45, 2.75) is 39.3 Å². The number of hydrogen-bond donors (Lipinski definition) is 1. The van der Waals surface area contributed by atoms with Crippen molar-refractivity contribution >= 4 is 28.2 Å². The number of nitrogens with one attached hydrogen (secondary N) is 1. The normalized spacial score (nSPS) is 23.8. The third-order valence-electron chi connectivity index (χ3n) is 4.54. The Balaban J connectivity index is 1.86. The van der Waals surface area contributed by atoms with Crippen molar-refractivity contribution in [2.75, 3.05) is 11.9 Å². The largest absolute Gasteiger partial charge is 0.380 e. The summed E-state index contributed by atoms with van der Waals surface area (Å²) < 4.78 is 5.79. The topological polar surface area (TPSA) is 34.1 Å². The number of hydrogen-bond acceptors (Lipinski definition) is 3. The molecule has 1 aromatic heterocycles. The van der Waals surface area contributed by atoms with Crippen LogP contribution in [0.3, 0.4) is 0 Å². The Bertz CT molecular complexity index is 656. The van der Waals surface area contributed by atoms with Gasteiger partial charge in [-0.25, -0.2) is 0 Å². The molecule has 0 radical (unpaired) electrons. The van der Waals surface area contributed by atoms with Crippen molar-refractivity contribution in [1.82, 2.24) is 4.98 Å². The molecule has 0 bridgehead atoms. The molecule has 2 unspecified atom stereocenters. The van der Waals surface area contributed by atoms with Crippen molar-refractivity contribution < 1.29 is 4.74 Å². The number of pyridine rings is 1. The second-order valence-corrected chi connectivity index (χ2v) is 6.66. The Labute approximate surface area is 130 Å². The van der Waals surface area contributed by atoms with E-state index in [1.807, 2.05) is 37.4 Å². The molecule has 112 valence electrons. The fourth-order valence-corrected chi connectivity index (χ4v) is 3.29. The lowest BCUT2D eigenvalue weighted by Crippen LogP contribution is -2.58. The van der Waals surface area contributed by atoms with Crippen LogP contribution in [0.4, 0.5) is 5.69 Å². The second-order valence-electron chi connectivity index (χ2n) is 6.23. The van der Waals surface area contributed by atoms with Crippen LogP contribution < -0.4 is 5.32 Å². The average Bonchev–Trinajstić information content (AvgIpc) is 2.46. The Morgan fingerprint density at radius 2 is 2.24 bits per heavy atom. The zero-order valence-corrected chi connectivity index (χ0v) is 13.4. The molecule has 1 N–H and O–H groups in total. The summed E-state index contributed by atoms with van der Waals surface area (Å²) in [6.07, 6.45) is 3.15. The number of benzene rings is 1. The molecule has 1 aliphatic carbocycles. The van der Waals surface area contributed by atoms with Crippen molar-refractivity contribution in [3.63, 3.8) is 0 Å². The van der Waals surface area contributed by atoms with Crippen LogP contribution in [0.2, 0.25) is 5.02 Å². The first kappa shape index (κ1) is 14.6. The quantitative estimate of drug-likeness (QED) is 0.903. The van der Waals surface area contributed by atoms with Gasteiger partial charge in [-0.2, -0.15) is 0 Å². The lowest BCUT2D eigenvalue weighted by atomic mass is 9.64. The van der Waals surface area contributed by atoms with Gasteiger partial charge in [0.25, 0.3) is 0 Å². The highest BCUT2D eigenvalue weighted by Gasteiger charge is 2.49. The van der Waals surface area contributed by atoms with Gasteiger partial charge in [-0.15, -0.1) is 0 Å². The maximum atomic E-state index is 6.23. The van der Waals surface area contributed by atoms with Crippen LogP contribution >= 0.6 is 11.6 Å². The molecule has 1 fully saturated rings. The molecule has 0 spiro atoms. The van der Waals surface area contributed by atoms with Crippen molar-refractivity contribution in [3.05, 3.63) is 35.5 Å². The molecule has 0 amide bonds. The Morgan fingerprint density at radius 3 is 2.95 bits per heavy atom. The third kappa shape index (κ3) is 2.60. The van der Waals surface area contributed by atoms with Gasteiger partial charge in [0.2, 0.25) is 0 Å². The maximum Gasteiger partial charge on any atom is 0.0934 e. The molecule has 1 saturated carbocycles. The van der Waals surface area contributed by atoms with E-state index in [1.54, 1.807) is 0 Å². The first-order valence-corrected chi connectivity index (χ1v) is 7.82. The van der Waals surface area contributed by atoms with E-state index in [2.05, 4.69) is 24.1 Å². The number of rotatable bonds is 4.